The standard InChI is InChI=1S/C11H16N2O/c1-7(2)10-5-12-6-11(8(10)3)13-9(4)14/h5-7H,1-4H3,(H,13,14). The molecule has 0 spiro atoms. The first-order chi connectivity index (χ1) is 6.52. The molecule has 0 fully saturated rings. The zero-order valence-electron chi connectivity index (χ0n) is 9.09. The number of aromatic nitrogens is 1. The van der Waals surface area contributed by atoms with Gasteiger partial charge in [-0.1, -0.05) is 13.8 Å². The van der Waals surface area contributed by atoms with Crippen LogP contribution in [0.3, 0.4) is 0 Å². The molecule has 0 bridgehead atoms. The molecule has 1 rings (SSSR count). The van der Waals surface area contributed by atoms with E-state index in [4.69, 9.17) is 0 Å². The van der Waals surface area contributed by atoms with E-state index >= 15 is 0 Å². The normalized spacial score (nSPS) is 10.4. The van der Waals surface area contributed by atoms with Crippen LogP contribution in [0, 0.1) is 6.92 Å². The second kappa shape index (κ2) is 4.22. The zero-order valence-corrected chi connectivity index (χ0v) is 9.09. The topological polar surface area (TPSA) is 42.0 Å². The number of carbonyl (C=O) groups is 1. The van der Waals surface area contributed by atoms with Crippen LogP contribution >= 0.6 is 0 Å². The van der Waals surface area contributed by atoms with Crippen molar-refractivity contribution in [1.82, 2.24) is 4.98 Å². The van der Waals surface area contributed by atoms with Crippen LogP contribution in [0.5, 0.6) is 0 Å². The summed E-state index contributed by atoms with van der Waals surface area (Å²) in [6.45, 7) is 7.73. The zero-order chi connectivity index (χ0) is 10.7. The number of carbonyl (C=O) groups excluding carboxylic acids is 1. The van der Waals surface area contributed by atoms with Gasteiger partial charge in [-0.15, -0.1) is 0 Å². The first kappa shape index (κ1) is 10.7. The number of pyridine rings is 1. The highest BCUT2D eigenvalue weighted by Gasteiger charge is 2.08. The third-order valence-corrected chi connectivity index (χ3v) is 2.19. The second-order valence-electron chi connectivity index (χ2n) is 3.74. The molecule has 1 aromatic rings. The van der Waals surface area contributed by atoms with Crippen LogP contribution in [0.1, 0.15) is 37.8 Å². The van der Waals surface area contributed by atoms with Gasteiger partial charge in [-0.05, 0) is 24.0 Å². The lowest BCUT2D eigenvalue weighted by Crippen LogP contribution is -2.09. The summed E-state index contributed by atoms with van der Waals surface area (Å²) in [6.07, 6.45) is 3.54. The van der Waals surface area contributed by atoms with E-state index < -0.39 is 0 Å². The lowest BCUT2D eigenvalue weighted by atomic mass is 9.99. The van der Waals surface area contributed by atoms with Gasteiger partial charge in [0.2, 0.25) is 5.91 Å². The number of hydrogen-bond donors (Lipinski definition) is 1. The van der Waals surface area contributed by atoms with Crippen LogP contribution in [-0.2, 0) is 4.79 Å². The fourth-order valence-corrected chi connectivity index (χ4v) is 1.44. The maximum Gasteiger partial charge on any atom is 0.221 e. The Morgan fingerprint density at radius 2 is 2.07 bits per heavy atom. The summed E-state index contributed by atoms with van der Waals surface area (Å²) in [5, 5.41) is 2.77. The average molecular weight is 192 g/mol. The van der Waals surface area contributed by atoms with Crippen molar-refractivity contribution in [1.29, 1.82) is 0 Å². The smallest absolute Gasteiger partial charge is 0.221 e. The summed E-state index contributed by atoms with van der Waals surface area (Å²) in [5.74, 6) is 0.368. The Labute approximate surface area is 84.6 Å². The minimum Gasteiger partial charge on any atom is -0.325 e. The van der Waals surface area contributed by atoms with Crippen LogP contribution < -0.4 is 5.32 Å². The summed E-state index contributed by atoms with van der Waals surface area (Å²) in [7, 11) is 0. The summed E-state index contributed by atoms with van der Waals surface area (Å²) < 4.78 is 0. The molecule has 0 saturated heterocycles. The minimum absolute atomic E-state index is 0.0594. The Kier molecular flexibility index (Phi) is 3.23. The summed E-state index contributed by atoms with van der Waals surface area (Å²) in [5.41, 5.74) is 3.09. The molecule has 0 aliphatic rings. The van der Waals surface area contributed by atoms with Crippen molar-refractivity contribution in [2.45, 2.75) is 33.6 Å². The molecule has 1 heterocycles. The van der Waals surface area contributed by atoms with E-state index in [1.54, 1.807) is 6.20 Å². The van der Waals surface area contributed by atoms with Crippen LogP contribution in [0.2, 0.25) is 0 Å². The van der Waals surface area contributed by atoms with Gasteiger partial charge < -0.3 is 5.32 Å². The van der Waals surface area contributed by atoms with Crippen LogP contribution in [0.4, 0.5) is 5.69 Å². The van der Waals surface area contributed by atoms with Gasteiger partial charge in [0.25, 0.3) is 0 Å². The first-order valence-electron chi connectivity index (χ1n) is 4.74. The van der Waals surface area contributed by atoms with Crippen LogP contribution in [0.25, 0.3) is 0 Å². The minimum atomic E-state index is -0.0594. The molecule has 0 radical (unpaired) electrons. The van der Waals surface area contributed by atoms with E-state index in [9.17, 15) is 4.79 Å². The highest BCUT2D eigenvalue weighted by Crippen LogP contribution is 2.23. The largest absolute Gasteiger partial charge is 0.325 e. The maximum atomic E-state index is 10.9. The summed E-state index contributed by atoms with van der Waals surface area (Å²) in [6, 6.07) is 0. The van der Waals surface area contributed by atoms with Gasteiger partial charge in [-0.3, -0.25) is 9.78 Å². The molecule has 3 heteroatoms. The average Bonchev–Trinajstić information content (AvgIpc) is 2.07. The van der Waals surface area contributed by atoms with E-state index in [2.05, 4.69) is 24.1 Å². The molecule has 3 nitrogen and oxygen atoms in total. The van der Waals surface area contributed by atoms with E-state index in [-0.39, 0.29) is 5.91 Å². The van der Waals surface area contributed by atoms with Gasteiger partial charge in [-0.2, -0.15) is 0 Å². The Morgan fingerprint density at radius 1 is 1.43 bits per heavy atom. The molecule has 1 amide bonds. The maximum absolute atomic E-state index is 10.9. The predicted molar refractivity (Wildman–Crippen MR) is 57.4 cm³/mol. The predicted octanol–water partition coefficient (Wildman–Crippen LogP) is 2.47. The van der Waals surface area contributed by atoms with Crippen molar-refractivity contribution in [3.63, 3.8) is 0 Å². The summed E-state index contributed by atoms with van der Waals surface area (Å²) in [4.78, 5) is 15.0. The number of rotatable bonds is 2. The van der Waals surface area contributed by atoms with Gasteiger partial charge in [0.1, 0.15) is 0 Å². The van der Waals surface area contributed by atoms with Crippen molar-refractivity contribution in [2.24, 2.45) is 0 Å². The monoisotopic (exact) mass is 192 g/mol. The quantitative estimate of drug-likeness (QED) is 0.782. The molecule has 14 heavy (non-hydrogen) atoms. The highest BCUT2D eigenvalue weighted by molar-refractivity contribution is 5.89. The van der Waals surface area contributed by atoms with Gasteiger partial charge in [0, 0.05) is 13.1 Å². The van der Waals surface area contributed by atoms with E-state index in [1.807, 2.05) is 13.1 Å². The van der Waals surface area contributed by atoms with E-state index in [0.29, 0.717) is 5.92 Å². The fraction of sp³-hybridized carbons (Fsp3) is 0.455. The van der Waals surface area contributed by atoms with Gasteiger partial charge in [-0.25, -0.2) is 0 Å². The third-order valence-electron chi connectivity index (χ3n) is 2.19. The molecular formula is C11H16N2O. The van der Waals surface area contributed by atoms with Crippen LogP contribution in [-0.4, -0.2) is 10.9 Å². The van der Waals surface area contributed by atoms with Crippen molar-refractivity contribution in [3.8, 4) is 0 Å². The SMILES string of the molecule is CC(=O)Nc1cncc(C(C)C)c1C. The second-order valence-corrected chi connectivity index (χ2v) is 3.74. The van der Waals surface area contributed by atoms with Crippen LogP contribution in [0.15, 0.2) is 12.4 Å². The lowest BCUT2D eigenvalue weighted by molar-refractivity contribution is -0.114. The molecule has 0 aromatic carbocycles. The third kappa shape index (κ3) is 2.31. The van der Waals surface area contributed by atoms with Gasteiger partial charge >= 0.3 is 0 Å². The Balaban J connectivity index is 3.07. The number of nitrogens with zero attached hydrogens (tertiary/aromatic N) is 1. The number of anilines is 1. The fourth-order valence-electron chi connectivity index (χ4n) is 1.44. The molecule has 0 aliphatic heterocycles. The van der Waals surface area contributed by atoms with Gasteiger partial charge in [0.15, 0.2) is 0 Å². The molecular weight excluding hydrogens is 176 g/mol. The highest BCUT2D eigenvalue weighted by atomic mass is 16.1. The molecule has 1 aromatic heterocycles. The van der Waals surface area contributed by atoms with E-state index in [0.717, 1.165) is 11.3 Å². The molecule has 0 aliphatic carbocycles. The van der Waals surface area contributed by atoms with Crippen molar-refractivity contribution < 1.29 is 4.79 Å². The van der Waals surface area contributed by atoms with Crippen molar-refractivity contribution in [3.05, 3.63) is 23.5 Å². The molecule has 0 atom stereocenters. The lowest BCUT2D eigenvalue weighted by Gasteiger charge is -2.12. The number of amides is 1. The van der Waals surface area contributed by atoms with Gasteiger partial charge in [0.05, 0.1) is 11.9 Å². The Morgan fingerprint density at radius 3 is 2.57 bits per heavy atom. The molecule has 0 saturated carbocycles. The first-order valence-corrected chi connectivity index (χ1v) is 4.74. The number of hydrogen-bond acceptors (Lipinski definition) is 2. The number of nitrogens with one attached hydrogen (secondary N) is 1. The van der Waals surface area contributed by atoms with E-state index in [1.165, 1.54) is 12.5 Å². The summed E-state index contributed by atoms with van der Waals surface area (Å²) >= 11 is 0. The molecule has 1 N–H and O–H groups in total. The molecule has 76 valence electrons. The Hall–Kier alpha value is -1.38. The Bertz CT molecular complexity index is 345. The van der Waals surface area contributed by atoms with Crippen molar-refractivity contribution in [2.75, 3.05) is 5.32 Å². The van der Waals surface area contributed by atoms with Crippen molar-refractivity contribution >= 4 is 11.6 Å². The molecule has 0 unspecified atom stereocenters.